The van der Waals surface area contributed by atoms with Gasteiger partial charge in [0.2, 0.25) is 5.91 Å². The molecule has 0 unspecified atom stereocenters. The summed E-state index contributed by atoms with van der Waals surface area (Å²) in [5.74, 6) is 0.137. The van der Waals surface area contributed by atoms with Crippen LogP contribution in [0.1, 0.15) is 116 Å². The second-order valence-electron chi connectivity index (χ2n) is 7.13. The highest BCUT2D eigenvalue weighted by Gasteiger charge is 2.00. The van der Waals surface area contributed by atoms with Crippen LogP contribution in [0.25, 0.3) is 0 Å². The topological polar surface area (TPSA) is 49.3 Å². The average molecular weight is 342 g/mol. The number of unbranched alkanes of at least 4 members (excludes halogenated alkanes) is 14. The van der Waals surface area contributed by atoms with Crippen LogP contribution in [0.2, 0.25) is 0 Å². The number of aliphatic hydroxyl groups excluding tert-OH is 1. The van der Waals surface area contributed by atoms with Crippen LogP contribution in [0.15, 0.2) is 0 Å². The van der Waals surface area contributed by atoms with E-state index in [0.717, 1.165) is 6.42 Å². The van der Waals surface area contributed by atoms with E-state index < -0.39 is 0 Å². The largest absolute Gasteiger partial charge is 0.396 e. The highest BCUT2D eigenvalue weighted by molar-refractivity contribution is 5.75. The van der Waals surface area contributed by atoms with Crippen molar-refractivity contribution in [3.05, 3.63) is 0 Å². The van der Waals surface area contributed by atoms with Gasteiger partial charge < -0.3 is 10.4 Å². The second-order valence-corrected chi connectivity index (χ2v) is 7.13. The second kappa shape index (κ2) is 20.5. The number of carbonyl (C=O) groups excluding carboxylic acids is 1. The lowest BCUT2D eigenvalue weighted by Gasteiger charge is -2.04. The smallest absolute Gasteiger partial charge is 0.219 e. The van der Waals surface area contributed by atoms with E-state index in [1.165, 1.54) is 89.9 Å². The summed E-state index contributed by atoms with van der Waals surface area (Å²) in [5.41, 5.74) is 0. The van der Waals surface area contributed by atoms with Crippen LogP contribution in [0.3, 0.4) is 0 Å². The average Bonchev–Trinajstić information content (AvgIpc) is 2.58. The summed E-state index contributed by atoms with van der Waals surface area (Å²) < 4.78 is 0. The fourth-order valence-corrected chi connectivity index (χ4v) is 3.05. The van der Waals surface area contributed by atoms with Crippen molar-refractivity contribution in [1.82, 2.24) is 5.32 Å². The van der Waals surface area contributed by atoms with Crippen molar-refractivity contribution >= 4 is 5.91 Å². The normalized spacial score (nSPS) is 10.9. The molecule has 0 radical (unpaired) electrons. The van der Waals surface area contributed by atoms with E-state index in [0.29, 0.717) is 19.4 Å². The summed E-state index contributed by atoms with van der Waals surface area (Å²) >= 11 is 0. The molecule has 0 aliphatic carbocycles. The van der Waals surface area contributed by atoms with E-state index in [4.69, 9.17) is 5.11 Å². The minimum atomic E-state index is 0.137. The Morgan fingerprint density at radius 3 is 1.50 bits per heavy atom. The van der Waals surface area contributed by atoms with E-state index >= 15 is 0 Å². The third-order valence-corrected chi connectivity index (χ3v) is 4.66. The maximum atomic E-state index is 11.5. The molecule has 0 saturated carbocycles. The molecule has 3 heteroatoms. The third kappa shape index (κ3) is 19.5. The Bertz CT molecular complexity index is 256. The van der Waals surface area contributed by atoms with Crippen molar-refractivity contribution in [2.24, 2.45) is 0 Å². The zero-order chi connectivity index (χ0) is 17.7. The quantitative estimate of drug-likeness (QED) is 0.294. The molecule has 0 aliphatic rings. The molecule has 3 nitrogen and oxygen atoms in total. The number of amides is 1. The number of hydrogen-bond donors (Lipinski definition) is 2. The predicted octanol–water partition coefficient (Wildman–Crippen LogP) is 5.75. The Balaban J connectivity index is 3.06. The van der Waals surface area contributed by atoms with Gasteiger partial charge >= 0.3 is 0 Å². The number of aliphatic hydroxyl groups is 1. The van der Waals surface area contributed by atoms with Crippen molar-refractivity contribution in [3.8, 4) is 0 Å². The molecule has 0 aliphatic heterocycles. The molecule has 0 atom stereocenters. The monoisotopic (exact) mass is 341 g/mol. The fraction of sp³-hybridized carbons (Fsp3) is 0.952. The van der Waals surface area contributed by atoms with Crippen LogP contribution >= 0.6 is 0 Å². The van der Waals surface area contributed by atoms with E-state index in [1.54, 1.807) is 0 Å². The van der Waals surface area contributed by atoms with Crippen molar-refractivity contribution in [3.63, 3.8) is 0 Å². The standard InChI is InChI=1S/C21H43NO2/c1-2-3-4-5-6-7-8-9-10-11-12-13-14-15-16-18-21(24)22-19-17-20-23/h23H,2-20H2,1H3,(H,22,24). The lowest BCUT2D eigenvalue weighted by molar-refractivity contribution is -0.121. The predicted molar refractivity (Wildman–Crippen MR) is 104 cm³/mol. The first-order valence-corrected chi connectivity index (χ1v) is 10.7. The maximum Gasteiger partial charge on any atom is 0.219 e. The van der Waals surface area contributed by atoms with Gasteiger partial charge in [0.05, 0.1) is 0 Å². The first-order valence-electron chi connectivity index (χ1n) is 10.7. The van der Waals surface area contributed by atoms with Gasteiger partial charge in [-0.15, -0.1) is 0 Å². The zero-order valence-electron chi connectivity index (χ0n) is 16.3. The van der Waals surface area contributed by atoms with E-state index in [9.17, 15) is 4.79 Å². The fourth-order valence-electron chi connectivity index (χ4n) is 3.05. The molecule has 0 aromatic heterocycles. The van der Waals surface area contributed by atoms with Crippen molar-refractivity contribution in [1.29, 1.82) is 0 Å². The van der Waals surface area contributed by atoms with Crippen molar-refractivity contribution < 1.29 is 9.90 Å². The Hall–Kier alpha value is -0.570. The summed E-state index contributed by atoms with van der Waals surface area (Å²) in [4.78, 5) is 11.5. The van der Waals surface area contributed by atoms with Gasteiger partial charge in [-0.05, 0) is 12.8 Å². The first kappa shape index (κ1) is 23.4. The molecule has 2 N–H and O–H groups in total. The van der Waals surface area contributed by atoms with Crippen LogP contribution in [-0.2, 0) is 4.79 Å². The van der Waals surface area contributed by atoms with Crippen LogP contribution in [0.4, 0.5) is 0 Å². The van der Waals surface area contributed by atoms with Crippen molar-refractivity contribution in [2.75, 3.05) is 13.2 Å². The molecule has 0 aromatic rings. The number of nitrogens with one attached hydrogen (secondary N) is 1. The Kier molecular flexibility index (Phi) is 20.0. The van der Waals surface area contributed by atoms with Gasteiger partial charge in [0.25, 0.3) is 0 Å². The molecule has 144 valence electrons. The molecule has 24 heavy (non-hydrogen) atoms. The number of hydrogen-bond acceptors (Lipinski definition) is 2. The number of rotatable bonds is 19. The van der Waals surface area contributed by atoms with Crippen LogP contribution in [0, 0.1) is 0 Å². The molecule has 0 aromatic carbocycles. The molecular weight excluding hydrogens is 298 g/mol. The van der Waals surface area contributed by atoms with Gasteiger partial charge in [-0.25, -0.2) is 0 Å². The highest BCUT2D eigenvalue weighted by Crippen LogP contribution is 2.13. The number of carbonyl (C=O) groups is 1. The third-order valence-electron chi connectivity index (χ3n) is 4.66. The zero-order valence-corrected chi connectivity index (χ0v) is 16.3. The van der Waals surface area contributed by atoms with Crippen LogP contribution < -0.4 is 5.32 Å². The minimum Gasteiger partial charge on any atom is -0.396 e. The highest BCUT2D eigenvalue weighted by atomic mass is 16.3. The summed E-state index contributed by atoms with van der Waals surface area (Å²) in [7, 11) is 0. The van der Waals surface area contributed by atoms with E-state index in [1.807, 2.05) is 0 Å². The van der Waals surface area contributed by atoms with Gasteiger partial charge in [-0.1, -0.05) is 96.8 Å². The van der Waals surface area contributed by atoms with Gasteiger partial charge in [0, 0.05) is 19.6 Å². The Morgan fingerprint density at radius 2 is 1.08 bits per heavy atom. The molecular formula is C21H43NO2. The molecule has 0 saturated heterocycles. The van der Waals surface area contributed by atoms with Crippen LogP contribution in [0.5, 0.6) is 0 Å². The Morgan fingerprint density at radius 1 is 0.667 bits per heavy atom. The molecule has 0 rings (SSSR count). The first-order chi connectivity index (χ1) is 11.8. The molecule has 0 fully saturated rings. The molecule has 0 bridgehead atoms. The van der Waals surface area contributed by atoms with Gasteiger partial charge in [-0.3, -0.25) is 4.79 Å². The lowest BCUT2D eigenvalue weighted by atomic mass is 10.0. The van der Waals surface area contributed by atoms with E-state index in [2.05, 4.69) is 12.2 Å². The molecule has 1 amide bonds. The molecule has 0 heterocycles. The summed E-state index contributed by atoms with van der Waals surface area (Å²) in [5, 5.41) is 11.5. The van der Waals surface area contributed by atoms with Gasteiger partial charge in [0.15, 0.2) is 0 Å². The Labute approximate surface area is 151 Å². The summed E-state index contributed by atoms with van der Waals surface area (Å²) in [6, 6.07) is 0. The summed E-state index contributed by atoms with van der Waals surface area (Å²) in [6.07, 6.45) is 21.6. The van der Waals surface area contributed by atoms with Crippen molar-refractivity contribution in [2.45, 2.75) is 116 Å². The molecule has 0 spiro atoms. The minimum absolute atomic E-state index is 0.137. The SMILES string of the molecule is CCCCCCCCCCCCCCCCCC(=O)NCCCO. The maximum absolute atomic E-state index is 11.5. The van der Waals surface area contributed by atoms with Gasteiger partial charge in [0.1, 0.15) is 0 Å². The summed E-state index contributed by atoms with van der Waals surface area (Å²) in [6.45, 7) is 3.03. The van der Waals surface area contributed by atoms with E-state index in [-0.39, 0.29) is 12.5 Å². The van der Waals surface area contributed by atoms with Crippen LogP contribution in [-0.4, -0.2) is 24.2 Å². The lowest BCUT2D eigenvalue weighted by Crippen LogP contribution is -2.24. The van der Waals surface area contributed by atoms with Gasteiger partial charge in [-0.2, -0.15) is 0 Å².